The second-order valence-electron chi connectivity index (χ2n) is 10.6. The Balaban J connectivity index is 1.49. The first-order valence-electron chi connectivity index (χ1n) is 13.4. The number of carbonyl (C=O) groups excluding carboxylic acids is 2. The molecule has 1 spiro atoms. The van der Waals surface area contributed by atoms with Crippen molar-refractivity contribution in [3.63, 3.8) is 0 Å². The van der Waals surface area contributed by atoms with Crippen molar-refractivity contribution in [2.24, 2.45) is 0 Å². The molecule has 206 valence electrons. The van der Waals surface area contributed by atoms with Gasteiger partial charge in [0.15, 0.2) is 0 Å². The van der Waals surface area contributed by atoms with Gasteiger partial charge in [-0.15, -0.1) is 13.2 Å². The van der Waals surface area contributed by atoms with E-state index in [9.17, 15) is 22.8 Å². The molecule has 3 heterocycles. The number of piperidine rings is 1. The maximum atomic E-state index is 12.9. The van der Waals surface area contributed by atoms with Crippen LogP contribution in [0, 0.1) is 0 Å². The molecule has 3 aliphatic rings. The highest BCUT2D eigenvalue weighted by molar-refractivity contribution is 5.95. The third-order valence-corrected chi connectivity index (χ3v) is 8.46. The molecule has 0 N–H and O–H groups in total. The second kappa shape index (κ2) is 10.7. The van der Waals surface area contributed by atoms with Gasteiger partial charge in [0, 0.05) is 42.7 Å². The van der Waals surface area contributed by atoms with Gasteiger partial charge in [0.1, 0.15) is 5.75 Å². The van der Waals surface area contributed by atoms with Crippen molar-refractivity contribution in [2.75, 3.05) is 31.1 Å². The largest absolute Gasteiger partial charge is 0.573 e. The van der Waals surface area contributed by atoms with E-state index in [-0.39, 0.29) is 35.9 Å². The number of hydrogen-bond acceptors (Lipinski definition) is 5. The van der Waals surface area contributed by atoms with Gasteiger partial charge in [0.25, 0.3) is 0 Å². The Morgan fingerprint density at radius 1 is 1.16 bits per heavy atom. The van der Waals surface area contributed by atoms with Gasteiger partial charge >= 0.3 is 12.5 Å². The predicted molar refractivity (Wildman–Crippen MR) is 134 cm³/mol. The van der Waals surface area contributed by atoms with E-state index in [4.69, 9.17) is 4.74 Å². The number of halogens is 3. The molecule has 4 rings (SSSR count). The molecular weight excluding hydrogens is 487 g/mol. The van der Waals surface area contributed by atoms with Gasteiger partial charge in [-0.2, -0.15) is 0 Å². The van der Waals surface area contributed by atoms with Crippen LogP contribution < -0.4 is 9.64 Å². The number of ether oxygens (including phenoxy) is 2. The Bertz CT molecular complexity index is 994. The smallest absolute Gasteiger partial charge is 0.450 e. The number of rotatable bonds is 6. The summed E-state index contributed by atoms with van der Waals surface area (Å²) in [5, 5.41) is 0. The van der Waals surface area contributed by atoms with Gasteiger partial charge in [-0.05, 0) is 89.2 Å². The number of carbonyl (C=O) groups is 2. The zero-order valence-corrected chi connectivity index (χ0v) is 22.1. The topological polar surface area (TPSA) is 62.3 Å². The molecule has 3 aliphatic heterocycles. The first-order chi connectivity index (χ1) is 17.5. The van der Waals surface area contributed by atoms with Crippen LogP contribution in [0.4, 0.5) is 23.7 Å². The van der Waals surface area contributed by atoms with Gasteiger partial charge in [-0.1, -0.05) is 6.92 Å². The van der Waals surface area contributed by atoms with Gasteiger partial charge in [-0.3, -0.25) is 4.79 Å². The molecule has 2 saturated heterocycles. The third-order valence-electron chi connectivity index (χ3n) is 8.46. The fraction of sp³-hybridized carbons (Fsp3) is 0.704. The maximum Gasteiger partial charge on any atom is 0.573 e. The van der Waals surface area contributed by atoms with E-state index in [0.717, 1.165) is 57.2 Å². The minimum Gasteiger partial charge on any atom is -0.450 e. The second-order valence-corrected chi connectivity index (χ2v) is 10.6. The molecule has 1 aromatic carbocycles. The van der Waals surface area contributed by atoms with E-state index in [1.165, 1.54) is 19.1 Å². The lowest BCUT2D eigenvalue weighted by Gasteiger charge is -2.44. The molecule has 3 unspecified atom stereocenters. The Kier molecular flexibility index (Phi) is 7.97. The third kappa shape index (κ3) is 5.68. The fourth-order valence-corrected chi connectivity index (χ4v) is 6.59. The van der Waals surface area contributed by atoms with Crippen molar-refractivity contribution in [2.45, 2.75) is 96.1 Å². The number of fused-ring (bicyclic) bond motifs is 2. The summed E-state index contributed by atoms with van der Waals surface area (Å²) < 4.78 is 48.2. The normalized spacial score (nSPS) is 24.3. The van der Waals surface area contributed by atoms with Crippen LogP contribution in [0.25, 0.3) is 0 Å². The highest BCUT2D eigenvalue weighted by atomic mass is 19.4. The summed E-state index contributed by atoms with van der Waals surface area (Å²) in [4.78, 5) is 31.0. The Labute approximate surface area is 216 Å². The minimum absolute atomic E-state index is 0.120. The zero-order valence-electron chi connectivity index (χ0n) is 22.1. The standard InChI is InChI=1S/C27H38F3N3O4/c1-5-20(15-21-8-7-18(3)33(21)25(35)36-6-2)31-13-11-26(12-14-31)17-32(19(4)34)24-10-9-22(16-23(24)26)37-27(28,29)30/h9-10,16,18,20-21H,5-8,11-15,17H2,1-4H3. The minimum atomic E-state index is -4.77. The Hall–Kier alpha value is -2.49. The van der Waals surface area contributed by atoms with Crippen molar-refractivity contribution in [3.8, 4) is 5.75 Å². The van der Waals surface area contributed by atoms with Crippen LogP contribution in [0.5, 0.6) is 5.75 Å². The first-order valence-corrected chi connectivity index (χ1v) is 13.4. The highest BCUT2D eigenvalue weighted by Gasteiger charge is 2.47. The molecule has 0 aliphatic carbocycles. The van der Waals surface area contributed by atoms with Crippen LogP contribution in [0.2, 0.25) is 0 Å². The van der Waals surface area contributed by atoms with Crippen molar-refractivity contribution in [1.29, 1.82) is 0 Å². The SMILES string of the molecule is CCOC(=O)N1C(C)CCC1CC(CC)N1CCC2(CC1)CN(C(C)=O)c1ccc(OC(F)(F)F)cc12. The lowest BCUT2D eigenvalue weighted by atomic mass is 9.73. The average Bonchev–Trinajstić information content (AvgIpc) is 3.35. The van der Waals surface area contributed by atoms with E-state index in [1.807, 2.05) is 11.8 Å². The van der Waals surface area contributed by atoms with Crippen molar-refractivity contribution in [1.82, 2.24) is 9.80 Å². The molecule has 0 aromatic heterocycles. The number of nitrogens with zero attached hydrogens (tertiary/aromatic N) is 3. The van der Waals surface area contributed by atoms with Crippen LogP contribution in [-0.2, 0) is 14.9 Å². The zero-order chi connectivity index (χ0) is 27.0. The van der Waals surface area contributed by atoms with E-state index in [0.29, 0.717) is 18.8 Å². The fourth-order valence-electron chi connectivity index (χ4n) is 6.59. The molecular formula is C27H38F3N3O4. The molecule has 3 atom stereocenters. The van der Waals surface area contributed by atoms with E-state index < -0.39 is 11.8 Å². The van der Waals surface area contributed by atoms with E-state index in [1.54, 1.807) is 11.0 Å². The summed E-state index contributed by atoms with van der Waals surface area (Å²) in [6.07, 6.45) is 0.180. The van der Waals surface area contributed by atoms with Gasteiger partial charge in [-0.25, -0.2) is 4.79 Å². The summed E-state index contributed by atoms with van der Waals surface area (Å²) >= 11 is 0. The molecule has 10 heteroatoms. The predicted octanol–water partition coefficient (Wildman–Crippen LogP) is 5.46. The lowest BCUT2D eigenvalue weighted by molar-refractivity contribution is -0.274. The average molecular weight is 526 g/mol. The van der Waals surface area contributed by atoms with Crippen LogP contribution in [0.3, 0.4) is 0 Å². The Morgan fingerprint density at radius 2 is 1.86 bits per heavy atom. The summed E-state index contributed by atoms with van der Waals surface area (Å²) in [7, 11) is 0. The van der Waals surface area contributed by atoms with Crippen LogP contribution in [0.1, 0.15) is 71.8 Å². The molecule has 7 nitrogen and oxygen atoms in total. The number of benzene rings is 1. The summed E-state index contributed by atoms with van der Waals surface area (Å²) in [5.74, 6) is -0.370. The van der Waals surface area contributed by atoms with Gasteiger partial charge in [0.2, 0.25) is 5.91 Å². The monoisotopic (exact) mass is 525 g/mol. The molecule has 0 bridgehead atoms. The van der Waals surface area contributed by atoms with Crippen molar-refractivity contribution >= 4 is 17.7 Å². The van der Waals surface area contributed by atoms with Gasteiger partial charge < -0.3 is 24.2 Å². The van der Waals surface area contributed by atoms with Crippen LogP contribution in [-0.4, -0.2) is 72.5 Å². The molecule has 2 fully saturated rings. The van der Waals surface area contributed by atoms with Crippen molar-refractivity contribution in [3.05, 3.63) is 23.8 Å². The summed E-state index contributed by atoms with van der Waals surface area (Å²) in [6, 6.07) is 4.90. The molecule has 2 amide bonds. The number of hydrogen-bond donors (Lipinski definition) is 0. The number of likely N-dealkylation sites (tertiary alicyclic amines) is 2. The van der Waals surface area contributed by atoms with Gasteiger partial charge in [0.05, 0.1) is 6.61 Å². The number of alkyl halides is 3. The first kappa shape index (κ1) is 27.5. The molecule has 1 aromatic rings. The maximum absolute atomic E-state index is 12.9. The summed E-state index contributed by atoms with van der Waals surface area (Å²) in [5.41, 5.74) is 1.03. The molecule has 0 saturated carbocycles. The Morgan fingerprint density at radius 3 is 2.46 bits per heavy atom. The van der Waals surface area contributed by atoms with Crippen LogP contribution in [0.15, 0.2) is 18.2 Å². The number of anilines is 1. The molecule has 37 heavy (non-hydrogen) atoms. The molecule has 0 radical (unpaired) electrons. The van der Waals surface area contributed by atoms with E-state index in [2.05, 4.69) is 23.5 Å². The highest BCUT2D eigenvalue weighted by Crippen LogP contribution is 2.49. The quantitative estimate of drug-likeness (QED) is 0.493. The van der Waals surface area contributed by atoms with Crippen molar-refractivity contribution < 1.29 is 32.2 Å². The van der Waals surface area contributed by atoms with E-state index >= 15 is 0 Å². The lowest BCUT2D eigenvalue weighted by Crippen LogP contribution is -2.51. The number of amides is 2. The summed E-state index contributed by atoms with van der Waals surface area (Å²) in [6.45, 7) is 9.90. The van der Waals surface area contributed by atoms with Crippen LogP contribution >= 0.6 is 0 Å².